The molecular formula is C17H28N2OS. The summed E-state index contributed by atoms with van der Waals surface area (Å²) in [7, 11) is 0. The molecule has 1 saturated carbocycles. The zero-order valence-electron chi connectivity index (χ0n) is 13.4. The fraction of sp³-hybridized carbons (Fsp3) is 0.706. The number of carbonyl (C=O) groups excluding carboxylic acids is 1. The van der Waals surface area contributed by atoms with Crippen molar-refractivity contribution in [3.63, 3.8) is 0 Å². The Balaban J connectivity index is 2.00. The Morgan fingerprint density at radius 3 is 2.62 bits per heavy atom. The minimum Gasteiger partial charge on any atom is -0.348 e. The van der Waals surface area contributed by atoms with E-state index in [0.717, 1.165) is 0 Å². The van der Waals surface area contributed by atoms with Crippen molar-refractivity contribution in [3.05, 3.63) is 22.4 Å². The van der Waals surface area contributed by atoms with Gasteiger partial charge in [0.15, 0.2) is 0 Å². The van der Waals surface area contributed by atoms with Gasteiger partial charge in [0.05, 0.1) is 6.04 Å². The lowest BCUT2D eigenvalue weighted by Gasteiger charge is -2.29. The smallest absolute Gasteiger partial charge is 0.222 e. The number of thiophene rings is 1. The van der Waals surface area contributed by atoms with Gasteiger partial charge >= 0.3 is 0 Å². The first kappa shape index (κ1) is 16.5. The minimum atomic E-state index is -0.106. The van der Waals surface area contributed by atoms with Gasteiger partial charge < -0.3 is 11.1 Å². The van der Waals surface area contributed by atoms with Gasteiger partial charge in [-0.2, -0.15) is 0 Å². The summed E-state index contributed by atoms with van der Waals surface area (Å²) in [6.45, 7) is 6.25. The van der Waals surface area contributed by atoms with E-state index in [2.05, 4.69) is 43.6 Å². The molecule has 118 valence electrons. The van der Waals surface area contributed by atoms with Gasteiger partial charge in [-0.1, -0.05) is 39.7 Å². The first-order chi connectivity index (χ1) is 9.88. The van der Waals surface area contributed by atoms with Gasteiger partial charge in [-0.3, -0.25) is 4.79 Å². The van der Waals surface area contributed by atoms with Crippen LogP contribution in [0.25, 0.3) is 0 Å². The molecule has 1 aromatic rings. The van der Waals surface area contributed by atoms with Crippen LogP contribution in [-0.2, 0) is 4.79 Å². The number of amides is 1. The standard InChI is InChI=1S/C17H28N2OS/c1-17(2,3)14(18)11-15(20)19-16(12-7-4-5-8-12)13-9-6-10-21-13/h6,9-10,12,14,16H,4-5,7-8,11,18H2,1-3H3,(H,19,20). The predicted molar refractivity (Wildman–Crippen MR) is 89.2 cm³/mol. The van der Waals surface area contributed by atoms with Crippen LogP contribution in [0.2, 0.25) is 0 Å². The van der Waals surface area contributed by atoms with Gasteiger partial charge in [-0.05, 0) is 35.6 Å². The summed E-state index contributed by atoms with van der Waals surface area (Å²) in [5.41, 5.74) is 6.10. The highest BCUT2D eigenvalue weighted by atomic mass is 32.1. The van der Waals surface area contributed by atoms with Crippen LogP contribution in [0.5, 0.6) is 0 Å². The molecule has 0 aromatic carbocycles. The van der Waals surface area contributed by atoms with Crippen molar-refractivity contribution in [2.24, 2.45) is 17.1 Å². The van der Waals surface area contributed by atoms with Crippen LogP contribution >= 0.6 is 11.3 Å². The quantitative estimate of drug-likeness (QED) is 0.868. The number of nitrogens with two attached hydrogens (primary N) is 1. The van der Waals surface area contributed by atoms with E-state index >= 15 is 0 Å². The van der Waals surface area contributed by atoms with E-state index in [1.165, 1.54) is 30.6 Å². The third kappa shape index (κ3) is 4.55. The molecule has 1 fully saturated rings. The molecule has 2 rings (SSSR count). The summed E-state index contributed by atoms with van der Waals surface area (Å²) in [4.78, 5) is 13.7. The van der Waals surface area contributed by atoms with Crippen molar-refractivity contribution in [3.8, 4) is 0 Å². The highest BCUT2D eigenvalue weighted by molar-refractivity contribution is 7.10. The predicted octanol–water partition coefficient (Wildman–Crippen LogP) is 3.86. The fourth-order valence-electron chi connectivity index (χ4n) is 2.92. The van der Waals surface area contributed by atoms with Crippen molar-refractivity contribution in [1.29, 1.82) is 0 Å². The molecule has 1 heterocycles. The van der Waals surface area contributed by atoms with Crippen LogP contribution in [0.3, 0.4) is 0 Å². The van der Waals surface area contributed by atoms with Gasteiger partial charge in [0.2, 0.25) is 5.91 Å². The molecule has 0 bridgehead atoms. The van der Waals surface area contributed by atoms with Crippen molar-refractivity contribution in [2.45, 2.75) is 65.0 Å². The molecule has 0 aliphatic heterocycles. The summed E-state index contributed by atoms with van der Waals surface area (Å²) >= 11 is 1.74. The Hall–Kier alpha value is -0.870. The van der Waals surface area contributed by atoms with E-state index in [-0.39, 0.29) is 23.4 Å². The lowest BCUT2D eigenvalue weighted by Crippen LogP contribution is -2.41. The first-order valence-corrected chi connectivity index (χ1v) is 8.84. The van der Waals surface area contributed by atoms with E-state index in [4.69, 9.17) is 5.73 Å². The molecular weight excluding hydrogens is 280 g/mol. The normalized spacial score (nSPS) is 19.4. The molecule has 0 saturated heterocycles. The molecule has 1 aliphatic carbocycles. The van der Waals surface area contributed by atoms with Gasteiger partial charge in [0, 0.05) is 17.3 Å². The highest BCUT2D eigenvalue weighted by Gasteiger charge is 2.30. The summed E-state index contributed by atoms with van der Waals surface area (Å²) < 4.78 is 0. The molecule has 0 spiro atoms. The number of hydrogen-bond acceptors (Lipinski definition) is 3. The van der Waals surface area contributed by atoms with Crippen LogP contribution in [0.15, 0.2) is 17.5 Å². The Morgan fingerprint density at radius 1 is 1.43 bits per heavy atom. The third-order valence-electron chi connectivity index (χ3n) is 4.56. The summed E-state index contributed by atoms with van der Waals surface area (Å²) in [6, 6.07) is 4.27. The largest absolute Gasteiger partial charge is 0.348 e. The highest BCUT2D eigenvalue weighted by Crippen LogP contribution is 2.37. The Bertz CT molecular complexity index is 444. The molecule has 1 amide bonds. The molecule has 1 aliphatic rings. The van der Waals surface area contributed by atoms with E-state index in [0.29, 0.717) is 12.3 Å². The zero-order valence-corrected chi connectivity index (χ0v) is 14.2. The summed E-state index contributed by atoms with van der Waals surface area (Å²) in [5, 5.41) is 5.34. The minimum absolute atomic E-state index is 0.0386. The summed E-state index contributed by atoms with van der Waals surface area (Å²) in [5.74, 6) is 0.668. The van der Waals surface area contributed by atoms with Gasteiger partial charge in [0.25, 0.3) is 0 Å². The maximum absolute atomic E-state index is 12.4. The second kappa shape index (κ2) is 6.93. The van der Waals surface area contributed by atoms with E-state index in [9.17, 15) is 4.79 Å². The number of hydrogen-bond donors (Lipinski definition) is 2. The van der Waals surface area contributed by atoms with Crippen molar-refractivity contribution >= 4 is 17.2 Å². The maximum Gasteiger partial charge on any atom is 0.222 e. The number of carbonyl (C=O) groups is 1. The molecule has 2 atom stereocenters. The van der Waals surface area contributed by atoms with Crippen LogP contribution in [0.1, 0.15) is 63.8 Å². The lowest BCUT2D eigenvalue weighted by molar-refractivity contribution is -0.123. The van der Waals surface area contributed by atoms with E-state index in [1.54, 1.807) is 11.3 Å². The third-order valence-corrected chi connectivity index (χ3v) is 5.51. The van der Waals surface area contributed by atoms with Gasteiger partial charge in [0.1, 0.15) is 0 Å². The molecule has 4 heteroatoms. The van der Waals surface area contributed by atoms with Crippen LogP contribution in [-0.4, -0.2) is 11.9 Å². The SMILES string of the molecule is CC(C)(C)C(N)CC(=O)NC(c1cccs1)C1CCCC1. The number of rotatable bonds is 5. The zero-order chi connectivity index (χ0) is 15.5. The molecule has 3 N–H and O–H groups in total. The van der Waals surface area contributed by atoms with Crippen LogP contribution in [0.4, 0.5) is 0 Å². The molecule has 3 nitrogen and oxygen atoms in total. The average molecular weight is 308 g/mol. The lowest BCUT2D eigenvalue weighted by atomic mass is 9.85. The average Bonchev–Trinajstić information content (AvgIpc) is 3.08. The Kier molecular flexibility index (Phi) is 5.44. The van der Waals surface area contributed by atoms with E-state index in [1.807, 2.05) is 0 Å². The van der Waals surface area contributed by atoms with Crippen LogP contribution < -0.4 is 11.1 Å². The fourth-order valence-corrected chi connectivity index (χ4v) is 3.79. The van der Waals surface area contributed by atoms with Crippen LogP contribution in [0, 0.1) is 11.3 Å². The molecule has 0 radical (unpaired) electrons. The van der Waals surface area contributed by atoms with Gasteiger partial charge in [-0.25, -0.2) is 0 Å². The molecule has 21 heavy (non-hydrogen) atoms. The topological polar surface area (TPSA) is 55.1 Å². The van der Waals surface area contributed by atoms with Gasteiger partial charge in [-0.15, -0.1) is 11.3 Å². The summed E-state index contributed by atoms with van der Waals surface area (Å²) in [6.07, 6.45) is 5.40. The Morgan fingerprint density at radius 2 is 2.10 bits per heavy atom. The second-order valence-electron chi connectivity index (χ2n) is 7.28. The van der Waals surface area contributed by atoms with Crippen molar-refractivity contribution in [1.82, 2.24) is 5.32 Å². The van der Waals surface area contributed by atoms with Crippen molar-refractivity contribution in [2.75, 3.05) is 0 Å². The first-order valence-electron chi connectivity index (χ1n) is 7.96. The molecule has 2 unspecified atom stereocenters. The Labute approximate surface area is 132 Å². The molecule has 1 aromatic heterocycles. The second-order valence-corrected chi connectivity index (χ2v) is 8.26. The monoisotopic (exact) mass is 308 g/mol. The van der Waals surface area contributed by atoms with Crippen molar-refractivity contribution < 1.29 is 4.79 Å². The van der Waals surface area contributed by atoms with E-state index < -0.39 is 0 Å². The number of nitrogens with one attached hydrogen (secondary N) is 1. The maximum atomic E-state index is 12.4.